The summed E-state index contributed by atoms with van der Waals surface area (Å²) in [5.41, 5.74) is 0. The van der Waals surface area contributed by atoms with Crippen LogP contribution in [0, 0.1) is 5.92 Å². The van der Waals surface area contributed by atoms with Gasteiger partial charge < -0.3 is 10.2 Å². The number of piperidine rings is 1. The Morgan fingerprint density at radius 2 is 2.07 bits per heavy atom. The molecule has 0 aliphatic carbocycles. The quantitative estimate of drug-likeness (QED) is 0.768. The lowest BCUT2D eigenvalue weighted by atomic mass is 9.93. The lowest BCUT2D eigenvalue weighted by molar-refractivity contribution is -0.122. The fourth-order valence-corrected chi connectivity index (χ4v) is 1.96. The van der Waals surface area contributed by atoms with Gasteiger partial charge in [0.25, 0.3) is 0 Å². The molecule has 3 heteroatoms. The Kier molecular flexibility index (Phi) is 5.09. The Bertz CT molecular complexity index is 198. The van der Waals surface area contributed by atoms with Gasteiger partial charge in [-0.25, -0.2) is 0 Å². The molecule has 1 saturated heterocycles. The molecule has 1 N–H and O–H groups in total. The fourth-order valence-electron chi connectivity index (χ4n) is 1.96. The first kappa shape index (κ1) is 12.5. The lowest BCUT2D eigenvalue weighted by Gasteiger charge is -2.28. The molecule has 0 unspecified atom stereocenters. The number of likely N-dealkylation sites (tertiary alicyclic amines) is 1. The maximum absolute atomic E-state index is 11.6. The molecular weight excluding hydrogens is 188 g/mol. The summed E-state index contributed by atoms with van der Waals surface area (Å²) in [5.74, 6) is 0.837. The van der Waals surface area contributed by atoms with Crippen LogP contribution in [0.1, 0.15) is 39.5 Å². The zero-order valence-electron chi connectivity index (χ0n) is 10.3. The molecule has 0 bridgehead atoms. The van der Waals surface area contributed by atoms with E-state index in [4.69, 9.17) is 0 Å². The molecule has 1 atom stereocenters. The standard InChI is InChI=1S/C12H24N2O/c1-4-10(2)13-12(15)9-11-5-7-14(3)8-6-11/h10-11H,4-9H2,1-3H3,(H,13,15)/t10-/m0/s1. The summed E-state index contributed by atoms with van der Waals surface area (Å²) in [5, 5.41) is 3.04. The average molecular weight is 212 g/mol. The van der Waals surface area contributed by atoms with Crippen molar-refractivity contribution >= 4 is 5.91 Å². The maximum atomic E-state index is 11.6. The number of hydrogen-bond acceptors (Lipinski definition) is 2. The first-order chi connectivity index (χ1) is 7.11. The molecule has 0 aromatic carbocycles. The van der Waals surface area contributed by atoms with Crippen LogP contribution in [0.15, 0.2) is 0 Å². The van der Waals surface area contributed by atoms with Gasteiger partial charge in [0.1, 0.15) is 0 Å². The summed E-state index contributed by atoms with van der Waals surface area (Å²) in [7, 11) is 2.15. The van der Waals surface area contributed by atoms with E-state index in [1.54, 1.807) is 0 Å². The van der Waals surface area contributed by atoms with Crippen molar-refractivity contribution < 1.29 is 4.79 Å². The normalized spacial score (nSPS) is 21.3. The van der Waals surface area contributed by atoms with Crippen LogP contribution >= 0.6 is 0 Å². The number of carbonyl (C=O) groups is 1. The molecule has 1 aliphatic heterocycles. The second-order valence-electron chi connectivity index (χ2n) is 4.83. The molecule has 0 aromatic heterocycles. The summed E-state index contributed by atoms with van der Waals surface area (Å²) < 4.78 is 0. The van der Waals surface area contributed by atoms with Gasteiger partial charge in [0.15, 0.2) is 0 Å². The molecule has 1 fully saturated rings. The highest BCUT2D eigenvalue weighted by Gasteiger charge is 2.19. The van der Waals surface area contributed by atoms with Crippen molar-refractivity contribution in [3.63, 3.8) is 0 Å². The number of rotatable bonds is 4. The smallest absolute Gasteiger partial charge is 0.220 e. The maximum Gasteiger partial charge on any atom is 0.220 e. The zero-order chi connectivity index (χ0) is 11.3. The third-order valence-corrected chi connectivity index (χ3v) is 3.33. The minimum absolute atomic E-state index is 0.235. The number of hydrogen-bond donors (Lipinski definition) is 1. The third-order valence-electron chi connectivity index (χ3n) is 3.33. The van der Waals surface area contributed by atoms with E-state index in [1.807, 2.05) is 0 Å². The Labute approximate surface area is 93.2 Å². The van der Waals surface area contributed by atoms with E-state index >= 15 is 0 Å². The largest absolute Gasteiger partial charge is 0.354 e. The van der Waals surface area contributed by atoms with E-state index in [2.05, 4.69) is 31.1 Å². The van der Waals surface area contributed by atoms with Crippen LogP contribution in [-0.4, -0.2) is 37.0 Å². The van der Waals surface area contributed by atoms with Crippen LogP contribution in [0.2, 0.25) is 0 Å². The first-order valence-electron chi connectivity index (χ1n) is 6.09. The van der Waals surface area contributed by atoms with E-state index in [1.165, 1.54) is 12.8 Å². The second-order valence-corrected chi connectivity index (χ2v) is 4.83. The number of amides is 1. The van der Waals surface area contributed by atoms with Gasteiger partial charge in [-0.15, -0.1) is 0 Å². The van der Waals surface area contributed by atoms with Gasteiger partial charge in [-0.3, -0.25) is 4.79 Å². The van der Waals surface area contributed by atoms with Crippen molar-refractivity contribution in [3.8, 4) is 0 Å². The Hall–Kier alpha value is -0.570. The summed E-state index contributed by atoms with van der Waals surface area (Å²) in [6.07, 6.45) is 4.08. The predicted molar refractivity (Wildman–Crippen MR) is 62.7 cm³/mol. The van der Waals surface area contributed by atoms with Crippen LogP contribution in [0.25, 0.3) is 0 Å². The molecule has 1 rings (SSSR count). The van der Waals surface area contributed by atoms with Crippen molar-refractivity contribution in [1.82, 2.24) is 10.2 Å². The molecule has 1 aliphatic rings. The zero-order valence-corrected chi connectivity index (χ0v) is 10.3. The highest BCUT2D eigenvalue weighted by Crippen LogP contribution is 2.19. The molecule has 0 spiro atoms. The van der Waals surface area contributed by atoms with Gasteiger partial charge in [0, 0.05) is 12.5 Å². The number of nitrogens with one attached hydrogen (secondary N) is 1. The summed E-state index contributed by atoms with van der Waals surface area (Å²) in [4.78, 5) is 14.0. The van der Waals surface area contributed by atoms with Gasteiger partial charge in [0.2, 0.25) is 5.91 Å². The molecule has 0 aromatic rings. The van der Waals surface area contributed by atoms with E-state index in [-0.39, 0.29) is 5.91 Å². The van der Waals surface area contributed by atoms with E-state index in [9.17, 15) is 4.79 Å². The molecule has 15 heavy (non-hydrogen) atoms. The summed E-state index contributed by atoms with van der Waals surface area (Å²) in [6, 6.07) is 0.323. The van der Waals surface area contributed by atoms with Gasteiger partial charge in [-0.2, -0.15) is 0 Å². The number of carbonyl (C=O) groups excluding carboxylic acids is 1. The molecule has 0 radical (unpaired) electrons. The topological polar surface area (TPSA) is 32.3 Å². The van der Waals surface area contributed by atoms with Crippen LogP contribution in [0.3, 0.4) is 0 Å². The molecule has 88 valence electrons. The van der Waals surface area contributed by atoms with Crippen molar-refractivity contribution in [1.29, 1.82) is 0 Å². The predicted octanol–water partition coefficient (Wildman–Crippen LogP) is 1.63. The molecule has 3 nitrogen and oxygen atoms in total. The second kappa shape index (κ2) is 6.11. The SMILES string of the molecule is CC[C@H](C)NC(=O)CC1CCN(C)CC1. The van der Waals surface area contributed by atoms with Crippen LogP contribution in [0.4, 0.5) is 0 Å². The minimum atomic E-state index is 0.235. The van der Waals surface area contributed by atoms with E-state index < -0.39 is 0 Å². The van der Waals surface area contributed by atoms with E-state index in [0.29, 0.717) is 12.0 Å². The van der Waals surface area contributed by atoms with E-state index in [0.717, 1.165) is 25.9 Å². The molecule has 1 amide bonds. The summed E-state index contributed by atoms with van der Waals surface area (Å²) >= 11 is 0. The van der Waals surface area contributed by atoms with Crippen molar-refractivity contribution in [2.45, 2.75) is 45.6 Å². The van der Waals surface area contributed by atoms with Crippen molar-refractivity contribution in [2.75, 3.05) is 20.1 Å². The summed E-state index contributed by atoms with van der Waals surface area (Å²) in [6.45, 7) is 6.44. The van der Waals surface area contributed by atoms with Gasteiger partial charge in [0.05, 0.1) is 0 Å². The monoisotopic (exact) mass is 212 g/mol. The van der Waals surface area contributed by atoms with Gasteiger partial charge >= 0.3 is 0 Å². The fraction of sp³-hybridized carbons (Fsp3) is 0.917. The molecule has 0 saturated carbocycles. The van der Waals surface area contributed by atoms with Gasteiger partial charge in [-0.05, 0) is 52.2 Å². The van der Waals surface area contributed by atoms with Crippen molar-refractivity contribution in [3.05, 3.63) is 0 Å². The lowest BCUT2D eigenvalue weighted by Crippen LogP contribution is -2.36. The molecule has 1 heterocycles. The van der Waals surface area contributed by atoms with Crippen LogP contribution < -0.4 is 5.32 Å². The van der Waals surface area contributed by atoms with Crippen molar-refractivity contribution in [2.24, 2.45) is 5.92 Å². The van der Waals surface area contributed by atoms with Crippen LogP contribution in [0.5, 0.6) is 0 Å². The third kappa shape index (κ3) is 4.65. The highest BCUT2D eigenvalue weighted by molar-refractivity contribution is 5.76. The average Bonchev–Trinajstić information content (AvgIpc) is 2.21. The highest BCUT2D eigenvalue weighted by atomic mass is 16.1. The number of nitrogens with zero attached hydrogens (tertiary/aromatic N) is 1. The molecular formula is C12H24N2O. The van der Waals surface area contributed by atoms with Crippen LogP contribution in [-0.2, 0) is 4.79 Å². The Morgan fingerprint density at radius 3 is 2.60 bits per heavy atom. The minimum Gasteiger partial charge on any atom is -0.354 e. The Balaban J connectivity index is 2.20. The van der Waals surface area contributed by atoms with Gasteiger partial charge in [-0.1, -0.05) is 6.92 Å². The first-order valence-corrected chi connectivity index (χ1v) is 6.09. The Morgan fingerprint density at radius 1 is 1.47 bits per heavy atom.